The first-order valence-electron chi connectivity index (χ1n) is 6.18. The first-order valence-corrected chi connectivity index (χ1v) is 6.18. The summed E-state index contributed by atoms with van der Waals surface area (Å²) in [5.41, 5.74) is 4.95. The van der Waals surface area contributed by atoms with E-state index in [1.165, 1.54) is 22.3 Å². The Morgan fingerprint density at radius 3 is 2.53 bits per heavy atom. The van der Waals surface area contributed by atoms with Crippen molar-refractivity contribution in [1.82, 2.24) is 20.2 Å². The van der Waals surface area contributed by atoms with Crippen molar-refractivity contribution < 1.29 is 0 Å². The van der Waals surface area contributed by atoms with Crippen molar-refractivity contribution in [3.8, 4) is 11.1 Å². The van der Waals surface area contributed by atoms with E-state index in [0.29, 0.717) is 6.54 Å². The average Bonchev–Trinajstić information content (AvgIpc) is 2.95. The fourth-order valence-electron chi connectivity index (χ4n) is 2.11. The van der Waals surface area contributed by atoms with Gasteiger partial charge in [-0.25, -0.2) is 4.68 Å². The summed E-state index contributed by atoms with van der Waals surface area (Å²) in [6.45, 7) is 2.82. The van der Waals surface area contributed by atoms with E-state index in [1.807, 2.05) is 6.07 Å². The second-order valence-electron chi connectivity index (χ2n) is 4.51. The third-order valence-corrected chi connectivity index (χ3v) is 3.17. The number of benzene rings is 2. The molecule has 1 aromatic heterocycles. The number of hydrogen-bond acceptors (Lipinski definition) is 3. The molecule has 2 aromatic carbocycles. The molecule has 19 heavy (non-hydrogen) atoms. The van der Waals surface area contributed by atoms with Gasteiger partial charge >= 0.3 is 0 Å². The van der Waals surface area contributed by atoms with Crippen molar-refractivity contribution in [3.05, 3.63) is 66.0 Å². The van der Waals surface area contributed by atoms with Crippen LogP contribution >= 0.6 is 0 Å². The molecular formula is C15H14N4. The van der Waals surface area contributed by atoms with E-state index in [0.717, 1.165) is 0 Å². The van der Waals surface area contributed by atoms with Gasteiger partial charge in [-0.15, -0.1) is 5.10 Å². The SMILES string of the molecule is Cc1cc(-c2ccccc2)ccc1Cn1cnnn1. The van der Waals surface area contributed by atoms with Crippen LogP contribution in [0.3, 0.4) is 0 Å². The maximum absolute atomic E-state index is 3.89. The van der Waals surface area contributed by atoms with Crippen LogP contribution in [0.2, 0.25) is 0 Å². The van der Waals surface area contributed by atoms with Gasteiger partial charge in [0.2, 0.25) is 0 Å². The van der Waals surface area contributed by atoms with Crippen LogP contribution in [-0.2, 0) is 6.54 Å². The molecule has 0 unspecified atom stereocenters. The minimum atomic E-state index is 0.702. The molecule has 0 spiro atoms. The van der Waals surface area contributed by atoms with E-state index in [2.05, 4.69) is 64.9 Å². The summed E-state index contributed by atoms with van der Waals surface area (Å²) in [4.78, 5) is 0. The predicted octanol–water partition coefficient (Wildman–Crippen LogP) is 2.70. The van der Waals surface area contributed by atoms with E-state index >= 15 is 0 Å². The number of hydrogen-bond donors (Lipinski definition) is 0. The summed E-state index contributed by atoms with van der Waals surface area (Å²) in [5, 5.41) is 11.2. The molecule has 0 radical (unpaired) electrons. The quantitative estimate of drug-likeness (QED) is 0.717. The molecule has 0 amide bonds. The number of aryl methyl sites for hydroxylation is 1. The first kappa shape index (κ1) is 11.6. The maximum atomic E-state index is 3.89. The number of rotatable bonds is 3. The molecule has 94 valence electrons. The van der Waals surface area contributed by atoms with E-state index in [9.17, 15) is 0 Å². The van der Waals surface area contributed by atoms with Crippen LogP contribution < -0.4 is 0 Å². The number of aromatic nitrogens is 4. The lowest BCUT2D eigenvalue weighted by Gasteiger charge is -2.08. The van der Waals surface area contributed by atoms with Gasteiger partial charge in [0.25, 0.3) is 0 Å². The highest BCUT2D eigenvalue weighted by molar-refractivity contribution is 5.64. The van der Waals surface area contributed by atoms with E-state index in [1.54, 1.807) is 11.0 Å². The lowest BCUT2D eigenvalue weighted by Crippen LogP contribution is -2.02. The fourth-order valence-corrected chi connectivity index (χ4v) is 2.11. The zero-order valence-corrected chi connectivity index (χ0v) is 10.7. The molecule has 0 aliphatic heterocycles. The van der Waals surface area contributed by atoms with Crippen LogP contribution in [0.1, 0.15) is 11.1 Å². The van der Waals surface area contributed by atoms with Gasteiger partial charge < -0.3 is 0 Å². The lowest BCUT2D eigenvalue weighted by atomic mass is 10.00. The Morgan fingerprint density at radius 1 is 1.00 bits per heavy atom. The Bertz CT molecular complexity index is 660. The van der Waals surface area contributed by atoms with Gasteiger partial charge in [0.1, 0.15) is 6.33 Å². The summed E-state index contributed by atoms with van der Waals surface area (Å²) in [6, 6.07) is 16.9. The Kier molecular flexibility index (Phi) is 3.06. The van der Waals surface area contributed by atoms with Crippen molar-refractivity contribution in [2.24, 2.45) is 0 Å². The fraction of sp³-hybridized carbons (Fsp3) is 0.133. The summed E-state index contributed by atoms with van der Waals surface area (Å²) in [5.74, 6) is 0. The van der Waals surface area contributed by atoms with Gasteiger partial charge in [0.05, 0.1) is 6.54 Å². The van der Waals surface area contributed by atoms with Gasteiger partial charge in [-0.3, -0.25) is 0 Å². The topological polar surface area (TPSA) is 43.6 Å². The smallest absolute Gasteiger partial charge is 0.138 e. The first-order chi connectivity index (χ1) is 9.33. The van der Waals surface area contributed by atoms with Crippen molar-refractivity contribution in [2.75, 3.05) is 0 Å². The Balaban J connectivity index is 1.90. The standard InChI is InChI=1S/C15H14N4/c1-12-9-14(13-5-3-2-4-6-13)7-8-15(12)10-19-11-16-17-18-19/h2-9,11H,10H2,1H3. The summed E-state index contributed by atoms with van der Waals surface area (Å²) in [6.07, 6.45) is 1.63. The van der Waals surface area contributed by atoms with Crippen molar-refractivity contribution in [1.29, 1.82) is 0 Å². The van der Waals surface area contributed by atoms with Crippen LogP contribution in [0.4, 0.5) is 0 Å². The second kappa shape index (κ2) is 5.02. The van der Waals surface area contributed by atoms with Crippen LogP contribution in [0.15, 0.2) is 54.9 Å². The third-order valence-electron chi connectivity index (χ3n) is 3.17. The van der Waals surface area contributed by atoms with Crippen LogP contribution in [0, 0.1) is 6.92 Å². The van der Waals surface area contributed by atoms with Gasteiger partial charge in [0.15, 0.2) is 0 Å². The Hall–Kier alpha value is -2.49. The zero-order valence-electron chi connectivity index (χ0n) is 10.7. The Labute approximate surface area is 111 Å². The van der Waals surface area contributed by atoms with Crippen LogP contribution in [0.25, 0.3) is 11.1 Å². The highest BCUT2D eigenvalue weighted by atomic mass is 15.5. The molecule has 0 bridgehead atoms. The molecular weight excluding hydrogens is 236 g/mol. The molecule has 3 rings (SSSR count). The molecule has 3 aromatic rings. The van der Waals surface area contributed by atoms with Gasteiger partial charge in [-0.05, 0) is 39.6 Å². The van der Waals surface area contributed by atoms with Gasteiger partial charge in [-0.1, -0.05) is 48.5 Å². The van der Waals surface area contributed by atoms with Gasteiger partial charge in [-0.2, -0.15) is 0 Å². The summed E-state index contributed by atoms with van der Waals surface area (Å²) in [7, 11) is 0. The normalized spacial score (nSPS) is 10.6. The average molecular weight is 250 g/mol. The van der Waals surface area contributed by atoms with Crippen molar-refractivity contribution >= 4 is 0 Å². The van der Waals surface area contributed by atoms with Gasteiger partial charge in [0, 0.05) is 0 Å². The van der Waals surface area contributed by atoms with Crippen LogP contribution in [-0.4, -0.2) is 20.2 Å². The lowest BCUT2D eigenvalue weighted by molar-refractivity contribution is 0.646. The number of tetrazole rings is 1. The molecule has 0 N–H and O–H groups in total. The minimum absolute atomic E-state index is 0.702. The summed E-state index contributed by atoms with van der Waals surface area (Å²) < 4.78 is 1.73. The number of nitrogens with zero attached hydrogens (tertiary/aromatic N) is 4. The minimum Gasteiger partial charge on any atom is -0.228 e. The van der Waals surface area contributed by atoms with Crippen LogP contribution in [0.5, 0.6) is 0 Å². The molecule has 0 saturated carbocycles. The highest BCUT2D eigenvalue weighted by Gasteiger charge is 2.03. The predicted molar refractivity (Wildman–Crippen MR) is 73.5 cm³/mol. The van der Waals surface area contributed by atoms with E-state index < -0.39 is 0 Å². The third kappa shape index (κ3) is 2.52. The molecule has 0 saturated heterocycles. The molecule has 4 nitrogen and oxygen atoms in total. The van der Waals surface area contributed by atoms with Crippen molar-refractivity contribution in [2.45, 2.75) is 13.5 Å². The zero-order chi connectivity index (χ0) is 13.1. The molecule has 4 heteroatoms. The monoisotopic (exact) mass is 250 g/mol. The second-order valence-corrected chi connectivity index (χ2v) is 4.51. The molecule has 0 aliphatic rings. The van der Waals surface area contributed by atoms with E-state index in [-0.39, 0.29) is 0 Å². The highest BCUT2D eigenvalue weighted by Crippen LogP contribution is 2.22. The molecule has 0 fully saturated rings. The molecule has 0 atom stereocenters. The van der Waals surface area contributed by atoms with E-state index in [4.69, 9.17) is 0 Å². The largest absolute Gasteiger partial charge is 0.228 e. The van der Waals surface area contributed by atoms with Crippen molar-refractivity contribution in [3.63, 3.8) is 0 Å². The molecule has 1 heterocycles. The maximum Gasteiger partial charge on any atom is 0.138 e. The Morgan fingerprint density at radius 2 is 1.84 bits per heavy atom. The summed E-state index contributed by atoms with van der Waals surface area (Å²) >= 11 is 0. The molecule has 0 aliphatic carbocycles.